The molecule has 1 atom stereocenters. The largest absolute Gasteiger partial charge is 0.314 e. The second-order valence-electron chi connectivity index (χ2n) is 4.27. The molecule has 0 aliphatic carbocycles. The van der Waals surface area contributed by atoms with E-state index < -0.39 is 11.6 Å². The van der Waals surface area contributed by atoms with E-state index in [0.717, 1.165) is 25.2 Å². The number of halogens is 3. The van der Waals surface area contributed by atoms with Crippen molar-refractivity contribution in [1.82, 2.24) is 10.2 Å². The molecule has 1 aliphatic rings. The van der Waals surface area contributed by atoms with E-state index in [-0.39, 0.29) is 12.4 Å². The Kier molecular flexibility index (Phi) is 5.31. The summed E-state index contributed by atoms with van der Waals surface area (Å²) in [5.41, 5.74) is 0.827. The van der Waals surface area contributed by atoms with Crippen LogP contribution in [0.1, 0.15) is 12.5 Å². The first kappa shape index (κ1) is 14.4. The Labute approximate surface area is 106 Å². The summed E-state index contributed by atoms with van der Waals surface area (Å²) in [5.74, 6) is -1.54. The normalized spacial score (nSPS) is 21.0. The Bertz CT molecular complexity index is 374. The van der Waals surface area contributed by atoms with Gasteiger partial charge in [-0.05, 0) is 24.6 Å². The third-order valence-corrected chi connectivity index (χ3v) is 3.01. The molecule has 2 rings (SSSR count). The van der Waals surface area contributed by atoms with Crippen LogP contribution in [-0.2, 0) is 6.54 Å². The monoisotopic (exact) mass is 262 g/mol. The fourth-order valence-corrected chi connectivity index (χ4v) is 1.99. The molecule has 0 bridgehead atoms. The van der Waals surface area contributed by atoms with Crippen molar-refractivity contribution in [2.45, 2.75) is 19.5 Å². The van der Waals surface area contributed by atoms with Gasteiger partial charge in [0.05, 0.1) is 0 Å². The van der Waals surface area contributed by atoms with Gasteiger partial charge in [0.25, 0.3) is 0 Å². The van der Waals surface area contributed by atoms with Gasteiger partial charge in [-0.25, -0.2) is 8.78 Å². The van der Waals surface area contributed by atoms with Crippen LogP contribution in [-0.4, -0.2) is 30.6 Å². The molecule has 96 valence electrons. The van der Waals surface area contributed by atoms with Gasteiger partial charge in [0.1, 0.15) is 0 Å². The van der Waals surface area contributed by atoms with Gasteiger partial charge >= 0.3 is 0 Å². The summed E-state index contributed by atoms with van der Waals surface area (Å²) in [4.78, 5) is 2.27. The standard InChI is InChI=1S/C12H16F2N2.ClH/c1-9-7-15-4-5-16(9)8-10-2-3-11(13)12(14)6-10;/h2-3,6,9,15H,4-5,7-8H2,1H3;1H. The molecule has 1 aromatic carbocycles. The first-order chi connectivity index (χ1) is 7.66. The van der Waals surface area contributed by atoms with Crippen LogP contribution >= 0.6 is 12.4 Å². The molecule has 2 nitrogen and oxygen atoms in total. The molecule has 1 fully saturated rings. The molecule has 1 heterocycles. The van der Waals surface area contributed by atoms with E-state index in [4.69, 9.17) is 0 Å². The second-order valence-corrected chi connectivity index (χ2v) is 4.27. The summed E-state index contributed by atoms with van der Waals surface area (Å²) < 4.78 is 25.8. The van der Waals surface area contributed by atoms with Gasteiger partial charge in [-0.2, -0.15) is 0 Å². The minimum atomic E-state index is -0.780. The van der Waals surface area contributed by atoms with Crippen molar-refractivity contribution < 1.29 is 8.78 Å². The topological polar surface area (TPSA) is 15.3 Å². The maximum atomic E-state index is 13.0. The Balaban J connectivity index is 0.00000144. The lowest BCUT2D eigenvalue weighted by atomic mass is 10.1. The van der Waals surface area contributed by atoms with Crippen molar-refractivity contribution in [3.8, 4) is 0 Å². The summed E-state index contributed by atoms with van der Waals surface area (Å²) in [6.07, 6.45) is 0. The molecule has 0 saturated carbocycles. The molecule has 1 aromatic rings. The summed E-state index contributed by atoms with van der Waals surface area (Å²) in [6, 6.07) is 4.55. The fourth-order valence-electron chi connectivity index (χ4n) is 1.99. The van der Waals surface area contributed by atoms with Crippen LogP contribution < -0.4 is 5.32 Å². The highest BCUT2D eigenvalue weighted by molar-refractivity contribution is 5.85. The summed E-state index contributed by atoms with van der Waals surface area (Å²) in [6.45, 7) is 5.66. The summed E-state index contributed by atoms with van der Waals surface area (Å²) in [7, 11) is 0. The molecule has 0 aromatic heterocycles. The van der Waals surface area contributed by atoms with E-state index in [1.54, 1.807) is 6.07 Å². The van der Waals surface area contributed by atoms with Crippen LogP contribution in [0.3, 0.4) is 0 Å². The smallest absolute Gasteiger partial charge is 0.159 e. The Morgan fingerprint density at radius 1 is 1.35 bits per heavy atom. The minimum Gasteiger partial charge on any atom is -0.314 e. The van der Waals surface area contributed by atoms with E-state index in [1.807, 2.05) is 0 Å². The van der Waals surface area contributed by atoms with E-state index in [9.17, 15) is 8.78 Å². The Hall–Kier alpha value is -0.710. The molecule has 0 spiro atoms. The lowest BCUT2D eigenvalue weighted by Gasteiger charge is -2.33. The number of nitrogens with one attached hydrogen (secondary N) is 1. The van der Waals surface area contributed by atoms with Gasteiger partial charge in [0.2, 0.25) is 0 Å². The van der Waals surface area contributed by atoms with Crippen molar-refractivity contribution in [2.75, 3.05) is 19.6 Å². The van der Waals surface area contributed by atoms with Crippen LogP contribution in [0.25, 0.3) is 0 Å². The van der Waals surface area contributed by atoms with Gasteiger partial charge < -0.3 is 5.32 Å². The zero-order chi connectivity index (χ0) is 11.5. The van der Waals surface area contributed by atoms with Crippen molar-refractivity contribution >= 4 is 12.4 Å². The van der Waals surface area contributed by atoms with Crippen molar-refractivity contribution in [3.63, 3.8) is 0 Å². The summed E-state index contributed by atoms with van der Waals surface area (Å²) in [5, 5.41) is 3.30. The fraction of sp³-hybridized carbons (Fsp3) is 0.500. The lowest BCUT2D eigenvalue weighted by molar-refractivity contribution is 0.165. The maximum Gasteiger partial charge on any atom is 0.159 e. The number of piperazine rings is 1. The molecule has 0 amide bonds. The van der Waals surface area contributed by atoms with Crippen LogP contribution in [0.4, 0.5) is 8.78 Å². The summed E-state index contributed by atoms with van der Waals surface area (Å²) >= 11 is 0. The number of nitrogens with zero attached hydrogens (tertiary/aromatic N) is 1. The van der Waals surface area contributed by atoms with Crippen LogP contribution in [0.15, 0.2) is 18.2 Å². The average molecular weight is 263 g/mol. The first-order valence-electron chi connectivity index (χ1n) is 5.55. The molecule has 1 N–H and O–H groups in total. The van der Waals surface area contributed by atoms with Gasteiger partial charge in [-0.1, -0.05) is 6.07 Å². The molecule has 1 saturated heterocycles. The first-order valence-corrected chi connectivity index (χ1v) is 5.55. The van der Waals surface area contributed by atoms with E-state index >= 15 is 0 Å². The van der Waals surface area contributed by atoms with Crippen molar-refractivity contribution in [2.24, 2.45) is 0 Å². The zero-order valence-corrected chi connectivity index (χ0v) is 10.6. The van der Waals surface area contributed by atoms with E-state index in [2.05, 4.69) is 17.1 Å². The minimum absolute atomic E-state index is 0. The Morgan fingerprint density at radius 3 is 2.76 bits per heavy atom. The molecule has 17 heavy (non-hydrogen) atoms. The quantitative estimate of drug-likeness (QED) is 0.879. The highest BCUT2D eigenvalue weighted by Crippen LogP contribution is 2.13. The molecule has 5 heteroatoms. The van der Waals surface area contributed by atoms with Crippen LogP contribution in [0, 0.1) is 11.6 Å². The number of benzene rings is 1. The zero-order valence-electron chi connectivity index (χ0n) is 9.75. The van der Waals surface area contributed by atoms with E-state index in [1.165, 1.54) is 12.1 Å². The molecule has 1 unspecified atom stereocenters. The van der Waals surface area contributed by atoms with Gasteiger partial charge in [-0.3, -0.25) is 4.90 Å². The third-order valence-electron chi connectivity index (χ3n) is 3.01. The number of rotatable bonds is 2. The molecular weight excluding hydrogens is 246 g/mol. The van der Waals surface area contributed by atoms with Crippen LogP contribution in [0.5, 0.6) is 0 Å². The lowest BCUT2D eigenvalue weighted by Crippen LogP contribution is -2.49. The van der Waals surface area contributed by atoms with Gasteiger partial charge in [0.15, 0.2) is 11.6 Å². The van der Waals surface area contributed by atoms with Crippen molar-refractivity contribution in [3.05, 3.63) is 35.4 Å². The predicted molar refractivity (Wildman–Crippen MR) is 66.3 cm³/mol. The highest BCUT2D eigenvalue weighted by Gasteiger charge is 2.18. The van der Waals surface area contributed by atoms with Crippen molar-refractivity contribution in [1.29, 1.82) is 0 Å². The number of hydrogen-bond acceptors (Lipinski definition) is 2. The Morgan fingerprint density at radius 2 is 2.12 bits per heavy atom. The highest BCUT2D eigenvalue weighted by atomic mass is 35.5. The van der Waals surface area contributed by atoms with Gasteiger partial charge in [0, 0.05) is 32.2 Å². The van der Waals surface area contributed by atoms with Crippen LogP contribution in [0.2, 0.25) is 0 Å². The predicted octanol–water partition coefficient (Wildman–Crippen LogP) is 2.18. The molecular formula is C12H17ClF2N2. The SMILES string of the molecule is CC1CNCCN1Cc1ccc(F)c(F)c1.Cl. The number of hydrogen-bond donors (Lipinski definition) is 1. The molecule has 1 aliphatic heterocycles. The molecule has 0 radical (unpaired) electrons. The second kappa shape index (κ2) is 6.28. The third kappa shape index (κ3) is 3.63. The van der Waals surface area contributed by atoms with Gasteiger partial charge in [-0.15, -0.1) is 12.4 Å². The average Bonchev–Trinajstić information content (AvgIpc) is 2.27. The van der Waals surface area contributed by atoms with E-state index in [0.29, 0.717) is 12.6 Å². The maximum absolute atomic E-state index is 13.0.